The highest BCUT2D eigenvalue weighted by molar-refractivity contribution is 6.27. The van der Waals surface area contributed by atoms with Crippen molar-refractivity contribution in [3.8, 4) is 67.4 Å². The molecule has 11 rings (SSSR count). The Balaban J connectivity index is 1.10. The van der Waals surface area contributed by atoms with E-state index in [2.05, 4.69) is 164 Å². The van der Waals surface area contributed by atoms with Gasteiger partial charge in [-0.15, -0.1) is 0 Å². The van der Waals surface area contributed by atoms with Crippen molar-refractivity contribution in [2.24, 2.45) is 0 Å². The molecule has 266 valence electrons. The lowest BCUT2D eigenvalue weighted by molar-refractivity contribution is 0.669. The average molecular weight is 728 g/mol. The summed E-state index contributed by atoms with van der Waals surface area (Å²) in [5, 5.41) is 5.52. The van der Waals surface area contributed by atoms with Crippen LogP contribution in [-0.2, 0) is 0 Å². The van der Waals surface area contributed by atoms with Crippen molar-refractivity contribution in [1.82, 2.24) is 15.0 Å². The first-order valence-corrected chi connectivity index (χ1v) is 19.2. The van der Waals surface area contributed by atoms with Crippen molar-refractivity contribution in [1.29, 1.82) is 0 Å². The van der Waals surface area contributed by atoms with Crippen LogP contribution in [0.15, 0.2) is 205 Å². The minimum Gasteiger partial charge on any atom is -0.456 e. The third-order valence-electron chi connectivity index (χ3n) is 10.9. The topological polar surface area (TPSA) is 51.8 Å². The fourth-order valence-electron chi connectivity index (χ4n) is 8.18. The number of pyridine rings is 1. The van der Waals surface area contributed by atoms with E-state index in [1.54, 1.807) is 0 Å². The van der Waals surface area contributed by atoms with Gasteiger partial charge in [0.15, 0.2) is 5.82 Å². The standard InChI is InChI=1S/C53H33N3O/c1-4-15-34(16-5-1)39-21-14-22-40(31-39)46-33-45(35-17-6-2-7-18-35)55-53(56-46)38-29-27-37(28-30-38)52-43-32-48-51(42-24-11-13-26-47(42)57-48)49(36-19-8-3-9-20-36)50(43)41-23-10-12-25-44(41)54-52/h1-33H. The number of aromatic nitrogens is 3. The Hall–Kier alpha value is -7.69. The van der Waals surface area contributed by atoms with Crippen LogP contribution in [0.3, 0.4) is 0 Å². The zero-order chi connectivity index (χ0) is 37.7. The number of benzene rings is 8. The molecule has 0 atom stereocenters. The smallest absolute Gasteiger partial charge is 0.160 e. The Kier molecular flexibility index (Phi) is 7.78. The monoisotopic (exact) mass is 727 g/mol. The molecule has 0 unspecified atom stereocenters. The first kappa shape index (κ1) is 32.7. The number of nitrogens with zero attached hydrogens (tertiary/aromatic N) is 3. The minimum absolute atomic E-state index is 0.662. The van der Waals surface area contributed by atoms with Crippen molar-refractivity contribution in [2.75, 3.05) is 0 Å². The van der Waals surface area contributed by atoms with Gasteiger partial charge >= 0.3 is 0 Å². The second-order valence-electron chi connectivity index (χ2n) is 14.3. The Morgan fingerprint density at radius 2 is 0.895 bits per heavy atom. The predicted octanol–water partition coefficient (Wildman–Crippen LogP) is 14.1. The van der Waals surface area contributed by atoms with Gasteiger partial charge in [-0.05, 0) is 47.0 Å². The summed E-state index contributed by atoms with van der Waals surface area (Å²) in [6.45, 7) is 0. The first-order valence-electron chi connectivity index (χ1n) is 19.2. The summed E-state index contributed by atoms with van der Waals surface area (Å²) < 4.78 is 6.59. The summed E-state index contributed by atoms with van der Waals surface area (Å²) in [5.74, 6) is 0.662. The molecular formula is C53H33N3O. The lowest BCUT2D eigenvalue weighted by Crippen LogP contribution is -1.96. The van der Waals surface area contributed by atoms with E-state index in [0.717, 1.165) is 99.6 Å². The lowest BCUT2D eigenvalue weighted by Gasteiger charge is -2.16. The Labute approximate surface area is 329 Å². The normalized spacial score (nSPS) is 11.5. The molecule has 0 aliphatic carbocycles. The van der Waals surface area contributed by atoms with Gasteiger partial charge < -0.3 is 4.42 Å². The second-order valence-corrected chi connectivity index (χ2v) is 14.3. The number of fused-ring (bicyclic) bond motifs is 6. The summed E-state index contributed by atoms with van der Waals surface area (Å²) in [6.07, 6.45) is 0. The molecule has 4 nitrogen and oxygen atoms in total. The molecule has 0 N–H and O–H groups in total. The summed E-state index contributed by atoms with van der Waals surface area (Å²) in [5.41, 5.74) is 13.9. The van der Waals surface area contributed by atoms with E-state index in [9.17, 15) is 0 Å². The van der Waals surface area contributed by atoms with Crippen molar-refractivity contribution in [2.45, 2.75) is 0 Å². The highest BCUT2D eigenvalue weighted by Crippen LogP contribution is 2.46. The van der Waals surface area contributed by atoms with Gasteiger partial charge in [0, 0.05) is 54.7 Å². The molecule has 0 bridgehead atoms. The van der Waals surface area contributed by atoms with E-state index in [0.29, 0.717) is 5.82 Å². The maximum atomic E-state index is 6.59. The number of hydrogen-bond acceptors (Lipinski definition) is 4. The number of rotatable bonds is 6. The highest BCUT2D eigenvalue weighted by atomic mass is 16.3. The number of furan rings is 1. The van der Waals surface area contributed by atoms with Crippen LogP contribution in [0.4, 0.5) is 0 Å². The van der Waals surface area contributed by atoms with Gasteiger partial charge in [-0.1, -0.05) is 170 Å². The van der Waals surface area contributed by atoms with E-state index < -0.39 is 0 Å². The molecule has 8 aromatic carbocycles. The number of para-hydroxylation sites is 2. The molecule has 0 aliphatic rings. The molecule has 3 heterocycles. The van der Waals surface area contributed by atoms with Crippen LogP contribution in [0.25, 0.3) is 111 Å². The van der Waals surface area contributed by atoms with E-state index >= 15 is 0 Å². The SMILES string of the molecule is c1ccc(-c2cccc(-c3cc(-c4ccccc4)nc(-c4ccc(-c5nc6ccccc6c6c(-c7ccccc7)c7c(cc56)oc5ccccc57)cc4)n3)c2)cc1. The van der Waals surface area contributed by atoms with E-state index in [1.807, 2.05) is 36.4 Å². The second kappa shape index (κ2) is 13.6. The van der Waals surface area contributed by atoms with Crippen molar-refractivity contribution in [3.05, 3.63) is 200 Å². The molecule has 0 saturated heterocycles. The summed E-state index contributed by atoms with van der Waals surface area (Å²) in [4.78, 5) is 15.7. The fourth-order valence-corrected chi connectivity index (χ4v) is 8.18. The van der Waals surface area contributed by atoms with Gasteiger partial charge in [0.1, 0.15) is 11.2 Å². The molecule has 0 saturated carbocycles. The molecule has 11 aromatic rings. The van der Waals surface area contributed by atoms with Crippen molar-refractivity contribution in [3.63, 3.8) is 0 Å². The largest absolute Gasteiger partial charge is 0.456 e. The molecule has 4 heteroatoms. The van der Waals surface area contributed by atoms with Gasteiger partial charge in [0.05, 0.1) is 22.6 Å². The maximum Gasteiger partial charge on any atom is 0.160 e. The molecule has 0 aliphatic heterocycles. The van der Waals surface area contributed by atoms with Gasteiger partial charge in [0.2, 0.25) is 0 Å². The van der Waals surface area contributed by atoms with Gasteiger partial charge in [0.25, 0.3) is 0 Å². The summed E-state index contributed by atoms with van der Waals surface area (Å²) >= 11 is 0. The lowest BCUT2D eigenvalue weighted by atomic mass is 9.89. The molecule has 0 radical (unpaired) electrons. The number of hydrogen-bond donors (Lipinski definition) is 0. The molecule has 0 fully saturated rings. The zero-order valence-electron chi connectivity index (χ0n) is 30.8. The van der Waals surface area contributed by atoms with Crippen LogP contribution in [0, 0.1) is 0 Å². The van der Waals surface area contributed by atoms with Crippen LogP contribution in [0.2, 0.25) is 0 Å². The third-order valence-corrected chi connectivity index (χ3v) is 10.9. The highest BCUT2D eigenvalue weighted by Gasteiger charge is 2.22. The fraction of sp³-hybridized carbons (Fsp3) is 0. The minimum atomic E-state index is 0.662. The quantitative estimate of drug-likeness (QED) is 0.160. The van der Waals surface area contributed by atoms with Crippen LogP contribution in [0.1, 0.15) is 0 Å². The third kappa shape index (κ3) is 5.74. The molecule has 0 amide bonds. The van der Waals surface area contributed by atoms with E-state index in [1.165, 1.54) is 5.56 Å². The molecule has 57 heavy (non-hydrogen) atoms. The first-order chi connectivity index (χ1) is 28.2. The van der Waals surface area contributed by atoms with Crippen LogP contribution >= 0.6 is 0 Å². The van der Waals surface area contributed by atoms with Crippen molar-refractivity contribution >= 4 is 43.6 Å². The Bertz CT molecular complexity index is 3260. The van der Waals surface area contributed by atoms with E-state index in [-0.39, 0.29) is 0 Å². The van der Waals surface area contributed by atoms with Crippen molar-refractivity contribution < 1.29 is 4.42 Å². The Morgan fingerprint density at radius 1 is 0.316 bits per heavy atom. The predicted molar refractivity (Wildman–Crippen MR) is 235 cm³/mol. The molecular weight excluding hydrogens is 695 g/mol. The molecule has 0 spiro atoms. The van der Waals surface area contributed by atoms with Gasteiger partial charge in [-0.2, -0.15) is 0 Å². The molecule has 3 aromatic heterocycles. The Morgan fingerprint density at radius 3 is 1.65 bits per heavy atom. The van der Waals surface area contributed by atoms with Gasteiger partial charge in [-0.3, -0.25) is 0 Å². The van der Waals surface area contributed by atoms with E-state index in [4.69, 9.17) is 19.4 Å². The maximum absolute atomic E-state index is 6.59. The average Bonchev–Trinajstić information content (AvgIpc) is 3.67. The van der Waals surface area contributed by atoms with Gasteiger partial charge in [-0.25, -0.2) is 15.0 Å². The summed E-state index contributed by atoms with van der Waals surface area (Å²) in [7, 11) is 0. The van der Waals surface area contributed by atoms with Crippen LogP contribution < -0.4 is 0 Å². The summed E-state index contributed by atoms with van der Waals surface area (Å²) in [6, 6.07) is 69.5. The van der Waals surface area contributed by atoms with Crippen LogP contribution in [0.5, 0.6) is 0 Å². The zero-order valence-corrected chi connectivity index (χ0v) is 30.8. The van der Waals surface area contributed by atoms with Crippen LogP contribution in [-0.4, -0.2) is 15.0 Å².